The van der Waals surface area contributed by atoms with Gasteiger partial charge >= 0.3 is 30.7 Å². The summed E-state index contributed by atoms with van der Waals surface area (Å²) >= 11 is 0. The molecule has 0 aliphatic carbocycles. The fraction of sp³-hybridized carbons (Fsp3) is 0.346. The average molecular weight is 1050 g/mol. The molecular formula is C52H46F12N6O4. The van der Waals surface area contributed by atoms with Crippen LogP contribution in [0, 0.1) is 6.92 Å². The summed E-state index contributed by atoms with van der Waals surface area (Å²) in [4.78, 5) is 44.0. The van der Waals surface area contributed by atoms with Crippen LogP contribution in [-0.2, 0) is 47.3 Å². The van der Waals surface area contributed by atoms with Gasteiger partial charge in [-0.25, -0.2) is 9.97 Å². The van der Waals surface area contributed by atoms with Gasteiger partial charge in [0.2, 0.25) is 5.88 Å². The molecule has 8 bridgehead atoms. The number of methoxy groups -OCH3 is 1. The van der Waals surface area contributed by atoms with Gasteiger partial charge in [-0.3, -0.25) is 14.2 Å². The summed E-state index contributed by atoms with van der Waals surface area (Å²) < 4.78 is 173. The highest BCUT2D eigenvalue weighted by molar-refractivity contribution is 6.10. The summed E-state index contributed by atoms with van der Waals surface area (Å²) in [5.74, 6) is -1.97. The van der Waals surface area contributed by atoms with Crippen LogP contribution in [0.5, 0.6) is 5.88 Å². The molecule has 0 amide bonds. The van der Waals surface area contributed by atoms with E-state index in [2.05, 4.69) is 15.3 Å². The molecule has 2 atom stereocenters. The number of hydrogen-bond donors (Lipinski definition) is 4. The van der Waals surface area contributed by atoms with Crippen molar-refractivity contribution >= 4 is 50.1 Å². The average Bonchev–Trinajstić information content (AvgIpc) is 4.00. The van der Waals surface area contributed by atoms with E-state index in [4.69, 9.17) is 14.7 Å². The van der Waals surface area contributed by atoms with Crippen LogP contribution in [0.15, 0.2) is 65.1 Å². The Morgan fingerprint density at radius 3 is 1.85 bits per heavy atom. The lowest BCUT2D eigenvalue weighted by Crippen LogP contribution is -2.22. The summed E-state index contributed by atoms with van der Waals surface area (Å²) in [6, 6.07) is 7.24. The number of H-pyrrole nitrogens is 2. The second-order valence-corrected chi connectivity index (χ2v) is 18.5. The number of carbonyl (C=O) groups is 1. The number of alkyl halides is 12. The number of nitrogens with zero attached hydrogens (tertiary/aromatic N) is 3. The van der Waals surface area contributed by atoms with Crippen molar-refractivity contribution in [3.05, 3.63) is 143 Å². The van der Waals surface area contributed by atoms with E-state index in [1.807, 2.05) is 13.8 Å². The maximum atomic E-state index is 14.7. The van der Waals surface area contributed by atoms with Gasteiger partial charge in [0, 0.05) is 53.0 Å². The molecule has 3 aromatic heterocycles. The van der Waals surface area contributed by atoms with E-state index in [0.717, 1.165) is 0 Å². The number of fused-ring (bicyclic) bond motifs is 8. The number of aryl methyl sites for hydroxylation is 1. The van der Waals surface area contributed by atoms with E-state index < -0.39 is 83.0 Å². The van der Waals surface area contributed by atoms with Crippen LogP contribution in [0.1, 0.15) is 133 Å². The number of nitrogens with one attached hydrogen (secondary N) is 3. The van der Waals surface area contributed by atoms with E-state index in [-0.39, 0.29) is 70.1 Å². The number of rotatable bonds is 9. The molecule has 5 aromatic rings. The zero-order valence-electron chi connectivity index (χ0n) is 40.4. The highest BCUT2D eigenvalue weighted by Gasteiger charge is 2.39. The van der Waals surface area contributed by atoms with Gasteiger partial charge in [0.15, 0.2) is 0 Å². The van der Waals surface area contributed by atoms with Crippen molar-refractivity contribution < 1.29 is 67.3 Å². The number of pyridine rings is 1. The fourth-order valence-corrected chi connectivity index (χ4v) is 9.87. The fourth-order valence-electron chi connectivity index (χ4n) is 9.87. The second kappa shape index (κ2) is 18.9. The first kappa shape index (κ1) is 53.0. The van der Waals surface area contributed by atoms with Gasteiger partial charge in [0.1, 0.15) is 0 Å². The minimum Gasteiger partial charge on any atom is -0.494 e. The molecule has 2 unspecified atom stereocenters. The van der Waals surface area contributed by atoms with E-state index in [1.54, 1.807) is 45.9 Å². The Balaban J connectivity index is 1.45. The third-order valence-electron chi connectivity index (χ3n) is 13.8. The molecule has 392 valence electrons. The Labute approximate surface area is 413 Å². The first-order valence-electron chi connectivity index (χ1n) is 23.0. The maximum Gasteiger partial charge on any atom is 0.416 e. The minimum atomic E-state index is -5.23. The topological polar surface area (TPSA) is 138 Å². The molecule has 2 aromatic carbocycles. The van der Waals surface area contributed by atoms with E-state index >= 15 is 0 Å². The van der Waals surface area contributed by atoms with Crippen molar-refractivity contribution in [3.63, 3.8) is 0 Å². The number of aromatic amines is 2. The number of aromatic hydroxyl groups is 1. The summed E-state index contributed by atoms with van der Waals surface area (Å²) in [5.41, 5.74) is -3.61. The van der Waals surface area contributed by atoms with Crippen LogP contribution >= 0.6 is 0 Å². The van der Waals surface area contributed by atoms with Crippen molar-refractivity contribution in [2.24, 2.45) is 0 Å². The van der Waals surface area contributed by atoms with Crippen LogP contribution in [0.25, 0.3) is 44.1 Å². The van der Waals surface area contributed by atoms with Gasteiger partial charge in [0.05, 0.1) is 74.6 Å². The summed E-state index contributed by atoms with van der Waals surface area (Å²) in [7, 11) is 1.17. The first-order valence-corrected chi connectivity index (χ1v) is 23.0. The number of esters is 1. The molecule has 8 rings (SSSR count). The number of allylic oxidation sites excluding steroid dienone is 4. The van der Waals surface area contributed by atoms with E-state index in [0.29, 0.717) is 96.8 Å². The van der Waals surface area contributed by atoms with Gasteiger partial charge < -0.3 is 25.1 Å². The summed E-state index contributed by atoms with van der Waals surface area (Å²) in [6.07, 6.45) is -20.4. The van der Waals surface area contributed by atoms with Crippen molar-refractivity contribution in [2.45, 2.75) is 110 Å². The lowest BCUT2D eigenvalue weighted by atomic mass is 9.89. The lowest BCUT2D eigenvalue weighted by molar-refractivity contribution is -0.144. The Hall–Kier alpha value is -7.26. The molecule has 0 spiro atoms. The monoisotopic (exact) mass is 1050 g/mol. The zero-order valence-corrected chi connectivity index (χ0v) is 40.4. The van der Waals surface area contributed by atoms with Crippen LogP contribution in [0.3, 0.4) is 0 Å². The molecule has 4 N–H and O–H groups in total. The van der Waals surface area contributed by atoms with Gasteiger partial charge in [-0.15, -0.1) is 0 Å². The Morgan fingerprint density at radius 1 is 0.743 bits per heavy atom. The largest absolute Gasteiger partial charge is 0.494 e. The lowest BCUT2D eigenvalue weighted by Gasteiger charge is -2.17. The van der Waals surface area contributed by atoms with Crippen LogP contribution in [0.4, 0.5) is 52.7 Å². The number of ether oxygens (including phenoxy) is 1. The van der Waals surface area contributed by atoms with Crippen molar-refractivity contribution in [3.8, 4) is 5.88 Å². The molecule has 3 aliphatic rings. The normalized spacial score (nSPS) is 16.8. The Morgan fingerprint density at radius 2 is 1.31 bits per heavy atom. The van der Waals surface area contributed by atoms with E-state index in [9.17, 15) is 67.4 Å². The number of aromatic nitrogens is 5. The molecule has 0 saturated heterocycles. The molecule has 74 heavy (non-hydrogen) atoms. The standard InChI is InChI=1S/C52H46F12N6O4/c1-8-33-22(2)35-19-40-42(26(6)65-20-27-11-29(49(53,54)55)15-30(12-27)50(56,57)58)24(4)37(67-40)17-36-23(3)34(9-10-41(71)74-7)45(68-36)44-46-43(25(5)38(69-46)18-39(33)66-35)47(72)70(48(44)73)21-28-13-31(51(59,60)61)16-32(14-28)52(62,63)64/h11-19,22,33,65-66,69,73H,8-10,20-21H2,1-7H3. The van der Waals surface area contributed by atoms with Gasteiger partial charge in [-0.1, -0.05) is 13.8 Å². The number of carbonyl (C=O) groups excluding carboxylic acids is 1. The predicted octanol–water partition coefficient (Wildman–Crippen LogP) is 12.8. The molecule has 0 fully saturated rings. The van der Waals surface area contributed by atoms with Crippen molar-refractivity contribution in [1.29, 1.82) is 0 Å². The molecule has 10 nitrogen and oxygen atoms in total. The predicted molar refractivity (Wildman–Crippen MR) is 251 cm³/mol. The second-order valence-electron chi connectivity index (χ2n) is 18.5. The Bertz CT molecular complexity index is 3470. The molecule has 22 heteroatoms. The third-order valence-corrected chi connectivity index (χ3v) is 13.8. The molecule has 3 aliphatic heterocycles. The maximum absolute atomic E-state index is 14.7. The molecule has 0 saturated carbocycles. The SMILES string of the molecule is CCC1c2cc3[nH]c4c(c5nc(cc6nc(cc([nH]2)C1C)C(=C(C)NCc1cc(C(F)(F)F)cc(C(F)(F)F)c1)C=6C)C(C)=C5CCC(=O)OC)c(O)n(Cc1cc(C(F)(F)F)cc(C(F)(F)F)c1)c(=O)c4c3C. The van der Waals surface area contributed by atoms with Crippen LogP contribution in [-0.4, -0.2) is 42.7 Å². The summed E-state index contributed by atoms with van der Waals surface area (Å²) in [6.45, 7) is 8.97. The van der Waals surface area contributed by atoms with Crippen LogP contribution < -0.4 is 16.2 Å². The third kappa shape index (κ3) is 9.93. The molecular weight excluding hydrogens is 1000 g/mol. The molecule has 0 radical (unpaired) electrons. The van der Waals surface area contributed by atoms with Crippen molar-refractivity contribution in [2.75, 3.05) is 7.11 Å². The van der Waals surface area contributed by atoms with E-state index in [1.165, 1.54) is 7.11 Å². The Kier molecular flexibility index (Phi) is 13.5. The highest BCUT2D eigenvalue weighted by atomic mass is 19.4. The van der Waals surface area contributed by atoms with Gasteiger partial charge in [-0.05, 0) is 129 Å². The number of hydrogen-bond acceptors (Lipinski definition) is 7. The van der Waals surface area contributed by atoms with Crippen molar-refractivity contribution in [1.82, 2.24) is 29.8 Å². The number of benzene rings is 2. The first-order chi connectivity index (χ1) is 34.4. The minimum absolute atomic E-state index is 0.0175. The smallest absolute Gasteiger partial charge is 0.416 e. The highest BCUT2D eigenvalue weighted by Crippen LogP contribution is 2.44. The zero-order chi connectivity index (χ0) is 54.3. The molecule has 6 heterocycles. The number of halogens is 12. The van der Waals surface area contributed by atoms with Gasteiger partial charge in [0.25, 0.3) is 5.56 Å². The quantitative estimate of drug-likeness (QED) is 0.0852. The van der Waals surface area contributed by atoms with Crippen LogP contribution in [0.2, 0.25) is 0 Å². The van der Waals surface area contributed by atoms with Gasteiger partial charge in [-0.2, -0.15) is 52.7 Å². The summed E-state index contributed by atoms with van der Waals surface area (Å²) in [5, 5.41) is 15.4.